The van der Waals surface area contributed by atoms with Crippen LogP contribution in [-0.4, -0.2) is 50.0 Å². The van der Waals surface area contributed by atoms with Crippen molar-refractivity contribution >= 4 is 17.2 Å². The van der Waals surface area contributed by atoms with E-state index in [2.05, 4.69) is 15.4 Å². The first-order chi connectivity index (χ1) is 14.0. The molecule has 0 radical (unpaired) electrons. The molecule has 0 aliphatic heterocycles. The molecule has 1 aliphatic rings. The molecule has 4 rings (SSSR count). The molecule has 0 atom stereocenters. The fourth-order valence-electron chi connectivity index (χ4n) is 3.77. The van der Waals surface area contributed by atoms with Crippen LogP contribution in [0.3, 0.4) is 0 Å². The van der Waals surface area contributed by atoms with Crippen LogP contribution in [0.5, 0.6) is 11.5 Å². The molecular weight excluding hydrogens is 374 g/mol. The van der Waals surface area contributed by atoms with Crippen molar-refractivity contribution in [2.75, 3.05) is 12.8 Å². The van der Waals surface area contributed by atoms with Gasteiger partial charge in [-0.1, -0.05) is 0 Å². The summed E-state index contributed by atoms with van der Waals surface area (Å²) in [5.74, 6) is 0.263. The molecular formula is C20H23N5O4. The van der Waals surface area contributed by atoms with Gasteiger partial charge >= 0.3 is 0 Å². The normalized spacial score (nSPS) is 19.2. The number of hydrogen-bond acceptors (Lipinski definition) is 7. The molecule has 9 nitrogen and oxygen atoms in total. The number of phenolic OH excluding ortho intramolecular Hbond substituents is 1. The van der Waals surface area contributed by atoms with E-state index in [0.29, 0.717) is 40.9 Å². The highest BCUT2D eigenvalue weighted by Gasteiger charge is 2.25. The van der Waals surface area contributed by atoms with Gasteiger partial charge in [-0.25, -0.2) is 9.50 Å². The minimum Gasteiger partial charge on any atom is -0.504 e. The Labute approximate surface area is 167 Å². The number of nitrogens with one attached hydrogen (secondary N) is 1. The second-order valence-electron chi connectivity index (χ2n) is 7.21. The molecule has 3 aromatic rings. The molecule has 29 heavy (non-hydrogen) atoms. The first-order valence-corrected chi connectivity index (χ1v) is 9.46. The Morgan fingerprint density at radius 2 is 2.03 bits per heavy atom. The highest BCUT2D eigenvalue weighted by Crippen LogP contribution is 2.34. The fourth-order valence-corrected chi connectivity index (χ4v) is 3.77. The number of aromatic nitrogens is 3. The Balaban J connectivity index is 1.74. The van der Waals surface area contributed by atoms with Crippen LogP contribution in [0.4, 0.5) is 5.82 Å². The van der Waals surface area contributed by atoms with E-state index in [1.807, 2.05) is 0 Å². The summed E-state index contributed by atoms with van der Waals surface area (Å²) in [6.45, 7) is 0. The maximum absolute atomic E-state index is 13.0. The average Bonchev–Trinajstić information content (AvgIpc) is 3.11. The van der Waals surface area contributed by atoms with Crippen molar-refractivity contribution in [2.24, 2.45) is 0 Å². The molecule has 5 N–H and O–H groups in total. The summed E-state index contributed by atoms with van der Waals surface area (Å²) >= 11 is 0. The van der Waals surface area contributed by atoms with Gasteiger partial charge in [-0.2, -0.15) is 5.10 Å². The monoisotopic (exact) mass is 397 g/mol. The number of nitrogens with two attached hydrogens (primary N) is 1. The van der Waals surface area contributed by atoms with Crippen LogP contribution in [-0.2, 0) is 0 Å². The van der Waals surface area contributed by atoms with Crippen molar-refractivity contribution in [1.29, 1.82) is 0 Å². The van der Waals surface area contributed by atoms with Crippen LogP contribution in [0.2, 0.25) is 0 Å². The number of fused-ring (bicyclic) bond motifs is 1. The largest absolute Gasteiger partial charge is 0.504 e. The molecule has 0 unspecified atom stereocenters. The number of aliphatic hydroxyl groups excluding tert-OH is 1. The van der Waals surface area contributed by atoms with Gasteiger partial charge in [0.15, 0.2) is 17.3 Å². The van der Waals surface area contributed by atoms with Crippen LogP contribution < -0.4 is 15.8 Å². The highest BCUT2D eigenvalue weighted by molar-refractivity contribution is 6.05. The third-order valence-electron chi connectivity index (χ3n) is 5.33. The minimum absolute atomic E-state index is 0.00363. The Kier molecular flexibility index (Phi) is 4.98. The molecule has 1 saturated carbocycles. The zero-order valence-corrected chi connectivity index (χ0v) is 16.0. The SMILES string of the molecule is COc1cc(-c2cc(C(=O)N[C@H]3CC[C@H](O)CC3)c3c(N)ncnn23)ccc1O. The van der Waals surface area contributed by atoms with Crippen LogP contribution in [0, 0.1) is 0 Å². The number of hydrogen-bond donors (Lipinski definition) is 4. The fraction of sp³-hybridized carbons (Fsp3) is 0.350. The Morgan fingerprint density at radius 1 is 1.28 bits per heavy atom. The summed E-state index contributed by atoms with van der Waals surface area (Å²) in [5, 5.41) is 26.8. The van der Waals surface area contributed by atoms with Gasteiger partial charge in [0.2, 0.25) is 0 Å². The van der Waals surface area contributed by atoms with Gasteiger partial charge in [0.25, 0.3) is 5.91 Å². The van der Waals surface area contributed by atoms with Gasteiger partial charge in [0, 0.05) is 11.6 Å². The molecule has 1 amide bonds. The third kappa shape index (κ3) is 3.56. The second-order valence-corrected chi connectivity index (χ2v) is 7.21. The minimum atomic E-state index is -0.293. The Hall–Kier alpha value is -3.33. The predicted octanol–water partition coefficient (Wildman–Crippen LogP) is 1.73. The number of rotatable bonds is 4. The number of ether oxygens (including phenoxy) is 1. The maximum atomic E-state index is 13.0. The average molecular weight is 397 g/mol. The van der Waals surface area contributed by atoms with Gasteiger partial charge < -0.3 is 26.0 Å². The topological polar surface area (TPSA) is 135 Å². The number of nitrogens with zero attached hydrogens (tertiary/aromatic N) is 3. The molecule has 0 spiro atoms. The molecule has 2 heterocycles. The Morgan fingerprint density at radius 3 is 2.76 bits per heavy atom. The number of aliphatic hydroxyl groups is 1. The maximum Gasteiger partial charge on any atom is 0.253 e. The number of phenols is 1. The smallest absolute Gasteiger partial charge is 0.253 e. The van der Waals surface area contributed by atoms with E-state index >= 15 is 0 Å². The lowest BCUT2D eigenvalue weighted by Gasteiger charge is -2.26. The van der Waals surface area contributed by atoms with Crippen molar-refractivity contribution in [3.63, 3.8) is 0 Å². The number of aromatic hydroxyl groups is 1. The molecule has 9 heteroatoms. The van der Waals surface area contributed by atoms with Gasteiger partial charge in [-0.05, 0) is 49.9 Å². The summed E-state index contributed by atoms with van der Waals surface area (Å²) in [7, 11) is 1.47. The van der Waals surface area contributed by atoms with Gasteiger partial charge in [0.05, 0.1) is 24.5 Å². The zero-order chi connectivity index (χ0) is 20.5. The summed E-state index contributed by atoms with van der Waals surface area (Å²) in [4.78, 5) is 17.0. The third-order valence-corrected chi connectivity index (χ3v) is 5.33. The standard InChI is InChI=1S/C20H23N5O4/c1-29-17-8-11(2-7-16(17)27)15-9-14(18-19(21)22-10-23-25(15)18)20(28)24-12-3-5-13(26)6-4-12/h2,7-10,12-13,26-27H,3-6H2,1H3,(H,24,28)(H2,21,22,23)/t12-,13-. The lowest BCUT2D eigenvalue weighted by Crippen LogP contribution is -2.38. The number of nitrogen functional groups attached to an aromatic ring is 1. The number of benzene rings is 1. The molecule has 1 aliphatic carbocycles. The van der Waals surface area contributed by atoms with Crippen LogP contribution in [0.15, 0.2) is 30.6 Å². The van der Waals surface area contributed by atoms with E-state index in [9.17, 15) is 15.0 Å². The lowest BCUT2D eigenvalue weighted by molar-refractivity contribution is 0.0869. The van der Waals surface area contributed by atoms with E-state index in [4.69, 9.17) is 10.5 Å². The summed E-state index contributed by atoms with van der Waals surface area (Å²) in [6.07, 6.45) is 3.84. The van der Waals surface area contributed by atoms with E-state index in [1.165, 1.54) is 19.5 Å². The van der Waals surface area contributed by atoms with Crippen molar-refractivity contribution in [3.05, 3.63) is 36.2 Å². The predicted molar refractivity (Wildman–Crippen MR) is 107 cm³/mol. The van der Waals surface area contributed by atoms with Crippen LogP contribution in [0.1, 0.15) is 36.0 Å². The molecule has 2 aromatic heterocycles. The highest BCUT2D eigenvalue weighted by atomic mass is 16.5. The summed E-state index contributed by atoms with van der Waals surface area (Å²) < 4.78 is 6.75. The second kappa shape index (κ2) is 7.59. The van der Waals surface area contributed by atoms with E-state index in [-0.39, 0.29) is 29.6 Å². The summed E-state index contributed by atoms with van der Waals surface area (Å²) in [5.41, 5.74) is 8.18. The van der Waals surface area contributed by atoms with E-state index in [1.54, 1.807) is 22.7 Å². The molecule has 0 saturated heterocycles. The number of methoxy groups -OCH3 is 1. The Bertz CT molecular complexity index is 1060. The molecule has 1 fully saturated rings. The van der Waals surface area contributed by atoms with Crippen LogP contribution >= 0.6 is 0 Å². The first-order valence-electron chi connectivity index (χ1n) is 9.46. The molecule has 152 valence electrons. The van der Waals surface area contributed by atoms with Crippen molar-refractivity contribution in [2.45, 2.75) is 37.8 Å². The van der Waals surface area contributed by atoms with E-state index in [0.717, 1.165) is 12.8 Å². The van der Waals surface area contributed by atoms with Crippen molar-refractivity contribution in [1.82, 2.24) is 19.9 Å². The number of carbonyl (C=O) groups excluding carboxylic acids is 1. The quantitative estimate of drug-likeness (QED) is 0.526. The lowest BCUT2D eigenvalue weighted by atomic mass is 9.93. The molecule has 1 aromatic carbocycles. The van der Waals surface area contributed by atoms with E-state index < -0.39 is 0 Å². The zero-order valence-electron chi connectivity index (χ0n) is 16.0. The van der Waals surface area contributed by atoms with Crippen molar-refractivity contribution < 1.29 is 19.7 Å². The van der Waals surface area contributed by atoms with Crippen molar-refractivity contribution in [3.8, 4) is 22.8 Å². The summed E-state index contributed by atoms with van der Waals surface area (Å²) in [6, 6.07) is 6.61. The number of anilines is 1. The van der Waals surface area contributed by atoms with Gasteiger partial charge in [0.1, 0.15) is 11.8 Å². The van der Waals surface area contributed by atoms with Gasteiger partial charge in [-0.15, -0.1) is 0 Å². The van der Waals surface area contributed by atoms with Gasteiger partial charge in [-0.3, -0.25) is 4.79 Å². The van der Waals surface area contributed by atoms with Crippen LogP contribution in [0.25, 0.3) is 16.8 Å². The first kappa shape index (κ1) is 19.0. The number of carbonyl (C=O) groups is 1. The molecule has 0 bridgehead atoms. The number of amides is 1.